The zero-order chi connectivity index (χ0) is 37.2. The molecule has 0 spiro atoms. The number of allylic oxidation sites excluding steroid dienone is 1. The highest BCUT2D eigenvalue weighted by molar-refractivity contribution is 6.18. The number of para-hydroxylation sites is 3. The molecule has 0 amide bonds. The van der Waals surface area contributed by atoms with E-state index in [9.17, 15) is 0 Å². The molecule has 0 radical (unpaired) electrons. The second-order valence-electron chi connectivity index (χ2n) is 13.3. The Labute approximate surface area is 318 Å². The van der Waals surface area contributed by atoms with Gasteiger partial charge in [-0.1, -0.05) is 141 Å². The smallest absolute Gasteiger partial charge is 0.146 e. The van der Waals surface area contributed by atoms with E-state index in [-0.39, 0.29) is 0 Å². The normalized spacial score (nSPS) is 11.0. The van der Waals surface area contributed by atoms with Crippen LogP contribution in [0.4, 0.5) is 17.2 Å². The Morgan fingerprint density at radius 1 is 0.593 bits per heavy atom. The lowest BCUT2D eigenvalue weighted by atomic mass is 10.0. The summed E-state index contributed by atoms with van der Waals surface area (Å²) in [5.74, 6) is 0.945. The number of pyridine rings is 1. The molecule has 10 rings (SSSR count). The molecule has 0 saturated carbocycles. The van der Waals surface area contributed by atoms with Crippen LogP contribution in [0.15, 0.2) is 183 Å². The highest BCUT2D eigenvalue weighted by atomic mass is 15.2. The average molecular weight is 698 g/mol. The third-order valence-electron chi connectivity index (χ3n) is 10.1. The summed E-state index contributed by atoms with van der Waals surface area (Å²) in [5, 5.41) is 4.95. The molecule has 0 unspecified atom stereocenters. The Morgan fingerprint density at radius 3 is 2.00 bits per heavy atom. The van der Waals surface area contributed by atoms with Crippen molar-refractivity contribution in [2.75, 3.05) is 4.90 Å². The van der Waals surface area contributed by atoms with Gasteiger partial charge in [-0.25, -0.2) is 4.98 Å². The molecular weight excluding hydrogens is 655 g/mol. The second-order valence-corrected chi connectivity index (χ2v) is 13.3. The van der Waals surface area contributed by atoms with Crippen LogP contribution in [-0.2, 0) is 0 Å². The van der Waals surface area contributed by atoms with Crippen LogP contribution in [0.5, 0.6) is 0 Å². The molecule has 2 heterocycles. The molecule has 3 nitrogen and oxygen atoms in total. The van der Waals surface area contributed by atoms with Gasteiger partial charge in [0.2, 0.25) is 0 Å². The van der Waals surface area contributed by atoms with Crippen molar-refractivity contribution >= 4 is 49.8 Å². The molecule has 0 fully saturated rings. The minimum absolute atomic E-state index is 0.945. The number of fused-ring (bicyclic) bond motifs is 6. The van der Waals surface area contributed by atoms with Gasteiger partial charge in [0.15, 0.2) is 0 Å². The van der Waals surface area contributed by atoms with Crippen LogP contribution in [-0.4, -0.2) is 9.55 Å². The fourth-order valence-electron chi connectivity index (χ4n) is 7.85. The lowest BCUT2D eigenvalue weighted by Gasteiger charge is -2.28. The highest BCUT2D eigenvalue weighted by Gasteiger charge is 2.28. The first-order chi connectivity index (χ1) is 26.7. The van der Waals surface area contributed by atoms with Crippen molar-refractivity contribution in [3.8, 4) is 39.1 Å². The summed E-state index contributed by atoms with van der Waals surface area (Å²) in [5.41, 5.74) is 14.3. The van der Waals surface area contributed by atoms with Crippen molar-refractivity contribution in [3.63, 3.8) is 0 Å². The maximum atomic E-state index is 5.20. The van der Waals surface area contributed by atoms with Crippen molar-refractivity contribution in [1.29, 1.82) is 0 Å². The van der Waals surface area contributed by atoms with E-state index in [2.05, 4.69) is 187 Å². The molecule has 0 aliphatic heterocycles. The molecule has 0 N–H and O–H groups in total. The minimum atomic E-state index is 0.945. The highest BCUT2D eigenvalue weighted by Crippen LogP contribution is 2.52. The number of aryl methyl sites for hydroxylation is 1. The van der Waals surface area contributed by atoms with Crippen LogP contribution in [0.1, 0.15) is 26.3 Å². The number of hydrogen-bond donors (Lipinski definition) is 0. The Morgan fingerprint density at radius 2 is 1.22 bits per heavy atom. The molecule has 262 valence electrons. The van der Waals surface area contributed by atoms with Crippen molar-refractivity contribution in [2.24, 2.45) is 0 Å². The van der Waals surface area contributed by atoms with Gasteiger partial charge in [0.25, 0.3) is 0 Å². The van der Waals surface area contributed by atoms with E-state index in [4.69, 9.17) is 4.98 Å². The van der Waals surface area contributed by atoms with Gasteiger partial charge in [-0.15, -0.1) is 6.58 Å². The third kappa shape index (κ3) is 5.75. The van der Waals surface area contributed by atoms with Gasteiger partial charge in [-0.05, 0) is 89.7 Å². The summed E-state index contributed by atoms with van der Waals surface area (Å²) in [7, 11) is 0. The molecule has 54 heavy (non-hydrogen) atoms. The van der Waals surface area contributed by atoms with Crippen LogP contribution in [0.3, 0.4) is 0 Å². The Hall–Kier alpha value is -6.71. The maximum absolute atomic E-state index is 5.20. The predicted molar refractivity (Wildman–Crippen MR) is 233 cm³/mol. The van der Waals surface area contributed by atoms with Crippen molar-refractivity contribution in [3.05, 3.63) is 188 Å². The van der Waals surface area contributed by atoms with Crippen LogP contribution >= 0.6 is 0 Å². The molecule has 0 bridgehead atoms. The number of anilines is 3. The zero-order valence-electron chi connectivity index (χ0n) is 31.3. The molecule has 3 heteroatoms. The standard InChI is InChI=1S/C46H31N3.C3H6.C2H6/c1-30-12-5-9-20-41(30)49(46-45-40-18-7-6-16-36(40)39-19-11-13-33(29-47-46)44(39)45)35-25-22-31(23-26-35)32-24-27-38-37-17-8-10-21-42(37)48(43(38)28-32)34-14-3-2-4-15-34;1-3-2;1-2/h2-29H,1H3;3H,1H2,2H3;1-2H3. The Kier molecular flexibility index (Phi) is 9.38. The van der Waals surface area contributed by atoms with Crippen LogP contribution in [0.25, 0.3) is 71.6 Å². The van der Waals surface area contributed by atoms with E-state index in [0.29, 0.717) is 0 Å². The third-order valence-corrected chi connectivity index (χ3v) is 10.1. The molecular formula is C51H43N3. The maximum Gasteiger partial charge on any atom is 0.146 e. The van der Waals surface area contributed by atoms with E-state index in [1.165, 1.54) is 66.1 Å². The molecule has 0 atom stereocenters. The summed E-state index contributed by atoms with van der Waals surface area (Å²) in [6.07, 6.45) is 3.78. The fraction of sp³-hybridized carbons (Fsp3) is 0.0784. The van der Waals surface area contributed by atoms with Gasteiger partial charge in [-0.2, -0.15) is 0 Å². The second kappa shape index (κ2) is 14.7. The molecule has 2 aromatic heterocycles. The van der Waals surface area contributed by atoms with E-state index in [0.717, 1.165) is 28.3 Å². The van der Waals surface area contributed by atoms with Gasteiger partial charge in [0.05, 0.1) is 16.7 Å². The minimum Gasteiger partial charge on any atom is -0.309 e. The lowest BCUT2D eigenvalue weighted by molar-refractivity contribution is 1.18. The number of benzene rings is 7. The van der Waals surface area contributed by atoms with Crippen molar-refractivity contribution in [2.45, 2.75) is 27.7 Å². The monoisotopic (exact) mass is 697 g/mol. The predicted octanol–water partition coefficient (Wildman–Crippen LogP) is 14.6. The van der Waals surface area contributed by atoms with E-state index < -0.39 is 0 Å². The SMILES string of the molecule is C=CC.CC.Cc1ccccc1N(c1ccc(-c2ccc3c4ccccc4n(-c4ccccc4)c3c2)cc1)c1ncc2cccc3c2c1-c1ccccc1-3. The summed E-state index contributed by atoms with van der Waals surface area (Å²) in [6.45, 7) is 11.4. The Bertz CT molecular complexity index is 2770. The summed E-state index contributed by atoms with van der Waals surface area (Å²) < 4.78 is 2.38. The van der Waals surface area contributed by atoms with E-state index in [1.54, 1.807) is 6.08 Å². The molecule has 1 aliphatic rings. The first-order valence-corrected chi connectivity index (χ1v) is 18.8. The molecule has 0 saturated heterocycles. The molecule has 7 aromatic carbocycles. The number of nitrogens with zero attached hydrogens (tertiary/aromatic N) is 3. The molecule has 1 aliphatic carbocycles. The first-order valence-electron chi connectivity index (χ1n) is 18.8. The van der Waals surface area contributed by atoms with Gasteiger partial charge in [0.1, 0.15) is 5.82 Å². The number of hydrogen-bond acceptors (Lipinski definition) is 2. The van der Waals surface area contributed by atoms with Gasteiger partial charge >= 0.3 is 0 Å². The van der Waals surface area contributed by atoms with Crippen LogP contribution in [0, 0.1) is 6.92 Å². The van der Waals surface area contributed by atoms with Crippen LogP contribution < -0.4 is 4.90 Å². The van der Waals surface area contributed by atoms with Gasteiger partial charge < -0.3 is 4.57 Å². The summed E-state index contributed by atoms with van der Waals surface area (Å²) in [4.78, 5) is 7.54. The van der Waals surface area contributed by atoms with E-state index in [1.807, 2.05) is 27.0 Å². The van der Waals surface area contributed by atoms with E-state index >= 15 is 0 Å². The topological polar surface area (TPSA) is 21.1 Å². The Balaban J connectivity index is 0.000000790. The number of aromatic nitrogens is 2. The fourth-order valence-corrected chi connectivity index (χ4v) is 7.85. The number of rotatable bonds is 5. The summed E-state index contributed by atoms with van der Waals surface area (Å²) >= 11 is 0. The quantitative estimate of drug-likeness (QED) is 0.167. The summed E-state index contributed by atoms with van der Waals surface area (Å²) in [6, 6.07) is 59.0. The zero-order valence-corrected chi connectivity index (χ0v) is 31.3. The van der Waals surface area contributed by atoms with Crippen molar-refractivity contribution < 1.29 is 0 Å². The first kappa shape index (κ1) is 34.4. The van der Waals surface area contributed by atoms with Gasteiger partial charge in [0, 0.05) is 44.7 Å². The average Bonchev–Trinajstić information content (AvgIpc) is 3.75. The lowest BCUT2D eigenvalue weighted by Crippen LogP contribution is -2.14. The molecule has 9 aromatic rings. The largest absolute Gasteiger partial charge is 0.309 e. The van der Waals surface area contributed by atoms with Gasteiger partial charge in [-0.3, -0.25) is 4.90 Å². The van der Waals surface area contributed by atoms with Crippen molar-refractivity contribution in [1.82, 2.24) is 9.55 Å². The van der Waals surface area contributed by atoms with Crippen LogP contribution in [0.2, 0.25) is 0 Å².